The predicted molar refractivity (Wildman–Crippen MR) is 94.7 cm³/mol. The Balaban J connectivity index is 2.00. The minimum Gasteiger partial charge on any atom is -0.497 e. The second-order valence-corrected chi connectivity index (χ2v) is 6.59. The molecule has 0 fully saturated rings. The molecule has 24 heavy (non-hydrogen) atoms. The van der Waals surface area contributed by atoms with Crippen LogP contribution in [0.1, 0.15) is 21.8 Å². The largest absolute Gasteiger partial charge is 0.497 e. The average Bonchev–Trinajstić information content (AvgIpc) is 2.98. The fourth-order valence-corrected chi connectivity index (χ4v) is 4.07. The number of allylic oxidation sites excluding steroid dienone is 1. The lowest BCUT2D eigenvalue weighted by Crippen LogP contribution is -2.23. The summed E-state index contributed by atoms with van der Waals surface area (Å²) >= 11 is 1.27. The quantitative estimate of drug-likeness (QED) is 0.865. The maximum absolute atomic E-state index is 12.9. The number of carbonyl (C=O) groups is 1. The van der Waals surface area contributed by atoms with Gasteiger partial charge in [-0.05, 0) is 17.7 Å². The van der Waals surface area contributed by atoms with Gasteiger partial charge < -0.3 is 10.5 Å². The topological polar surface area (TPSA) is 76.1 Å². The SMILES string of the molecule is COc1ccc(C2C(C#N)=C(N)SC2C(=O)c2ccccc2)cc1. The van der Waals surface area contributed by atoms with Gasteiger partial charge in [-0.25, -0.2) is 0 Å². The van der Waals surface area contributed by atoms with Gasteiger partial charge in [-0.2, -0.15) is 5.26 Å². The van der Waals surface area contributed by atoms with Crippen molar-refractivity contribution in [2.75, 3.05) is 7.11 Å². The van der Waals surface area contributed by atoms with Crippen LogP contribution in [0.2, 0.25) is 0 Å². The third-order valence-corrected chi connectivity index (χ3v) is 5.26. The zero-order valence-corrected chi connectivity index (χ0v) is 13.9. The molecular weight excluding hydrogens is 320 g/mol. The van der Waals surface area contributed by atoms with Gasteiger partial charge in [0, 0.05) is 11.5 Å². The number of carbonyl (C=O) groups excluding carboxylic acids is 1. The van der Waals surface area contributed by atoms with Crippen LogP contribution < -0.4 is 10.5 Å². The number of nitriles is 1. The summed E-state index contributed by atoms with van der Waals surface area (Å²) in [6.07, 6.45) is 0. The third kappa shape index (κ3) is 2.89. The Labute approximate surface area is 144 Å². The third-order valence-electron chi connectivity index (χ3n) is 4.05. The van der Waals surface area contributed by atoms with E-state index in [9.17, 15) is 10.1 Å². The molecule has 0 aromatic heterocycles. The van der Waals surface area contributed by atoms with E-state index in [1.807, 2.05) is 42.5 Å². The fourth-order valence-electron chi connectivity index (χ4n) is 2.82. The van der Waals surface area contributed by atoms with Crippen LogP contribution in [-0.4, -0.2) is 18.1 Å². The minimum atomic E-state index is -0.435. The number of Topliss-reactive ketones (excluding diaryl/α,β-unsaturated/α-hetero) is 1. The van der Waals surface area contributed by atoms with Crippen LogP contribution in [0.15, 0.2) is 65.2 Å². The number of hydrogen-bond acceptors (Lipinski definition) is 5. The molecule has 2 atom stereocenters. The normalized spacial score (nSPS) is 19.8. The zero-order valence-electron chi connectivity index (χ0n) is 13.1. The highest BCUT2D eigenvalue weighted by Gasteiger charge is 2.40. The summed E-state index contributed by atoms with van der Waals surface area (Å²) in [5.74, 6) is 0.360. The first-order valence-corrected chi connectivity index (χ1v) is 8.33. The van der Waals surface area contributed by atoms with E-state index in [1.165, 1.54) is 11.8 Å². The van der Waals surface area contributed by atoms with Crippen molar-refractivity contribution in [1.82, 2.24) is 0 Å². The van der Waals surface area contributed by atoms with E-state index in [0.29, 0.717) is 16.2 Å². The molecule has 120 valence electrons. The van der Waals surface area contributed by atoms with Crippen molar-refractivity contribution in [3.63, 3.8) is 0 Å². The van der Waals surface area contributed by atoms with Gasteiger partial charge in [0.15, 0.2) is 5.78 Å². The first kappa shape index (κ1) is 16.2. The van der Waals surface area contributed by atoms with Gasteiger partial charge >= 0.3 is 0 Å². The Morgan fingerprint density at radius 2 is 1.83 bits per heavy atom. The van der Waals surface area contributed by atoms with Gasteiger partial charge in [-0.3, -0.25) is 4.79 Å². The minimum absolute atomic E-state index is 0.0189. The van der Waals surface area contributed by atoms with Crippen molar-refractivity contribution in [3.8, 4) is 11.8 Å². The highest BCUT2D eigenvalue weighted by Crippen LogP contribution is 2.46. The van der Waals surface area contributed by atoms with E-state index in [0.717, 1.165) is 11.3 Å². The Bertz CT molecular complexity index is 823. The van der Waals surface area contributed by atoms with Crippen LogP contribution in [0.3, 0.4) is 0 Å². The van der Waals surface area contributed by atoms with E-state index < -0.39 is 5.25 Å². The second-order valence-electron chi connectivity index (χ2n) is 5.41. The molecule has 0 aliphatic carbocycles. The summed E-state index contributed by atoms with van der Waals surface area (Å²) < 4.78 is 5.18. The number of hydrogen-bond donors (Lipinski definition) is 1. The lowest BCUT2D eigenvalue weighted by molar-refractivity contribution is 0.0985. The maximum Gasteiger partial charge on any atom is 0.177 e. The zero-order chi connectivity index (χ0) is 17.1. The number of benzene rings is 2. The molecule has 0 amide bonds. The number of methoxy groups -OCH3 is 1. The molecule has 4 nitrogen and oxygen atoms in total. The highest BCUT2D eigenvalue weighted by molar-refractivity contribution is 8.04. The molecule has 5 heteroatoms. The van der Waals surface area contributed by atoms with Gasteiger partial charge in [0.1, 0.15) is 5.75 Å². The van der Waals surface area contributed by atoms with E-state index in [4.69, 9.17) is 10.5 Å². The number of thioether (sulfide) groups is 1. The van der Waals surface area contributed by atoms with Crippen molar-refractivity contribution in [3.05, 3.63) is 76.3 Å². The van der Waals surface area contributed by atoms with Crippen molar-refractivity contribution in [2.45, 2.75) is 11.2 Å². The van der Waals surface area contributed by atoms with Crippen LogP contribution in [-0.2, 0) is 0 Å². The Kier molecular flexibility index (Phi) is 4.59. The summed E-state index contributed by atoms with van der Waals surface area (Å²) in [6.45, 7) is 0. The molecular formula is C19H16N2O2S. The summed E-state index contributed by atoms with van der Waals surface area (Å²) in [5.41, 5.74) is 7.99. The number of rotatable bonds is 4. The van der Waals surface area contributed by atoms with Gasteiger partial charge in [-0.1, -0.05) is 54.2 Å². The molecule has 1 aliphatic rings. The molecule has 1 heterocycles. The molecule has 2 N–H and O–H groups in total. The lowest BCUT2D eigenvalue weighted by atomic mass is 9.86. The predicted octanol–water partition coefficient (Wildman–Crippen LogP) is 3.47. The van der Waals surface area contributed by atoms with Crippen molar-refractivity contribution >= 4 is 17.5 Å². The number of ketones is 1. The van der Waals surface area contributed by atoms with E-state index in [-0.39, 0.29) is 11.7 Å². The smallest absolute Gasteiger partial charge is 0.177 e. The molecule has 0 spiro atoms. The number of ether oxygens (including phenoxy) is 1. The van der Waals surface area contributed by atoms with Crippen LogP contribution in [0.4, 0.5) is 0 Å². The van der Waals surface area contributed by atoms with Crippen molar-refractivity contribution in [1.29, 1.82) is 5.26 Å². The monoisotopic (exact) mass is 336 g/mol. The van der Waals surface area contributed by atoms with Crippen molar-refractivity contribution < 1.29 is 9.53 Å². The molecule has 3 rings (SSSR count). The molecule has 0 saturated heterocycles. The molecule has 0 bridgehead atoms. The molecule has 0 saturated carbocycles. The lowest BCUT2D eigenvalue weighted by Gasteiger charge is -2.19. The maximum atomic E-state index is 12.9. The standard InChI is InChI=1S/C19H16N2O2S/c1-23-14-9-7-12(8-10-14)16-15(11-20)19(21)24-18(16)17(22)13-5-3-2-4-6-13/h2-10,16,18H,21H2,1H3. The van der Waals surface area contributed by atoms with Gasteiger partial charge in [0.25, 0.3) is 0 Å². The number of nitrogens with two attached hydrogens (primary N) is 1. The Hall–Kier alpha value is -2.71. The summed E-state index contributed by atoms with van der Waals surface area (Å²) in [7, 11) is 1.60. The summed E-state index contributed by atoms with van der Waals surface area (Å²) in [6, 6.07) is 18.7. The first-order chi connectivity index (χ1) is 11.7. The Morgan fingerprint density at radius 3 is 2.42 bits per heavy atom. The van der Waals surface area contributed by atoms with E-state index >= 15 is 0 Å². The van der Waals surface area contributed by atoms with Crippen LogP contribution in [0.25, 0.3) is 0 Å². The molecule has 1 aliphatic heterocycles. The second kappa shape index (κ2) is 6.81. The molecule has 2 aromatic rings. The van der Waals surface area contributed by atoms with E-state index in [1.54, 1.807) is 19.2 Å². The van der Waals surface area contributed by atoms with Gasteiger partial charge in [0.05, 0.1) is 29.0 Å². The first-order valence-electron chi connectivity index (χ1n) is 7.45. The fraction of sp³-hybridized carbons (Fsp3) is 0.158. The van der Waals surface area contributed by atoms with Crippen LogP contribution >= 0.6 is 11.8 Å². The summed E-state index contributed by atoms with van der Waals surface area (Å²) in [4.78, 5) is 12.9. The Morgan fingerprint density at radius 1 is 1.17 bits per heavy atom. The van der Waals surface area contributed by atoms with Crippen LogP contribution in [0, 0.1) is 11.3 Å². The molecule has 0 radical (unpaired) electrons. The van der Waals surface area contributed by atoms with Crippen LogP contribution in [0.5, 0.6) is 5.75 Å². The van der Waals surface area contributed by atoms with Gasteiger partial charge in [-0.15, -0.1) is 0 Å². The van der Waals surface area contributed by atoms with Gasteiger partial charge in [0.2, 0.25) is 0 Å². The summed E-state index contributed by atoms with van der Waals surface area (Å²) in [5, 5.41) is 9.49. The number of nitrogens with zero attached hydrogens (tertiary/aromatic N) is 1. The molecule has 2 aromatic carbocycles. The van der Waals surface area contributed by atoms with Crippen molar-refractivity contribution in [2.24, 2.45) is 5.73 Å². The highest BCUT2D eigenvalue weighted by atomic mass is 32.2. The average molecular weight is 336 g/mol. The van der Waals surface area contributed by atoms with E-state index in [2.05, 4.69) is 6.07 Å². The molecule has 2 unspecified atom stereocenters.